The Labute approximate surface area is 170 Å². The highest BCUT2D eigenvalue weighted by Gasteiger charge is 2.41. The van der Waals surface area contributed by atoms with E-state index in [1.807, 2.05) is 34.1 Å². The van der Waals surface area contributed by atoms with E-state index in [2.05, 4.69) is 36.5 Å². The van der Waals surface area contributed by atoms with E-state index in [4.69, 9.17) is 4.74 Å². The Morgan fingerprint density at radius 1 is 1.10 bits per heavy atom. The van der Waals surface area contributed by atoms with Gasteiger partial charge in [-0.05, 0) is 24.6 Å². The molecule has 2 saturated heterocycles. The quantitative estimate of drug-likeness (QED) is 0.866. The first-order valence-electron chi connectivity index (χ1n) is 9.85. The second kappa shape index (κ2) is 8.03. The largest absolute Gasteiger partial charge is 0.495 e. The molecule has 0 saturated carbocycles. The van der Waals surface area contributed by atoms with Crippen LogP contribution in [0.3, 0.4) is 0 Å². The van der Waals surface area contributed by atoms with Gasteiger partial charge in [0.25, 0.3) is 0 Å². The number of amides is 4. The number of nitrogens with one attached hydrogen (secondary N) is 1. The molecule has 7 nitrogen and oxygen atoms in total. The molecular weight excluding hydrogens is 368 g/mol. The number of piperazine rings is 1. The Hall–Kier alpha value is -3.22. The standard InChI is InChI=1S/C22H26N4O3/c1-16-7-9-17(10-8-16)13-25-15-18-14-24(11-12-26(18)22(25)28)21(27)23-19-5-3-4-6-20(19)29-2/h3-10,18H,11-15H2,1-2H3,(H,23,27)/t18-/m1/s1. The Kier molecular flexibility index (Phi) is 5.29. The van der Waals surface area contributed by atoms with Gasteiger partial charge in [-0.3, -0.25) is 0 Å². The fraction of sp³-hybridized carbons (Fsp3) is 0.364. The maximum Gasteiger partial charge on any atom is 0.322 e. The van der Waals surface area contributed by atoms with Crippen LogP contribution in [0.25, 0.3) is 0 Å². The normalized spacial score (nSPS) is 18.6. The average Bonchev–Trinajstić information content (AvgIpc) is 3.05. The first-order chi connectivity index (χ1) is 14.0. The van der Waals surface area contributed by atoms with Crippen molar-refractivity contribution in [3.8, 4) is 5.75 Å². The van der Waals surface area contributed by atoms with Crippen molar-refractivity contribution in [1.82, 2.24) is 14.7 Å². The van der Waals surface area contributed by atoms with Crippen molar-refractivity contribution < 1.29 is 14.3 Å². The molecule has 2 aliphatic rings. The zero-order valence-electron chi connectivity index (χ0n) is 16.8. The number of rotatable bonds is 4. The van der Waals surface area contributed by atoms with Gasteiger partial charge in [0, 0.05) is 32.7 Å². The minimum atomic E-state index is -0.168. The molecule has 2 fully saturated rings. The van der Waals surface area contributed by atoms with E-state index in [1.54, 1.807) is 12.0 Å². The van der Waals surface area contributed by atoms with Gasteiger partial charge in [-0.2, -0.15) is 0 Å². The number of hydrogen-bond acceptors (Lipinski definition) is 3. The van der Waals surface area contributed by atoms with Crippen molar-refractivity contribution in [2.75, 3.05) is 38.6 Å². The number of anilines is 1. The molecule has 2 aromatic carbocycles. The number of benzene rings is 2. The summed E-state index contributed by atoms with van der Waals surface area (Å²) < 4.78 is 5.30. The van der Waals surface area contributed by atoms with Gasteiger partial charge in [0.05, 0.1) is 18.8 Å². The molecule has 4 amide bonds. The summed E-state index contributed by atoms with van der Waals surface area (Å²) in [5, 5.41) is 2.92. The van der Waals surface area contributed by atoms with Gasteiger partial charge in [0.2, 0.25) is 0 Å². The van der Waals surface area contributed by atoms with Crippen molar-refractivity contribution in [3.05, 3.63) is 59.7 Å². The number of carbonyl (C=O) groups excluding carboxylic acids is 2. The number of aryl methyl sites for hydroxylation is 1. The third-order valence-corrected chi connectivity index (χ3v) is 5.56. The molecule has 0 unspecified atom stereocenters. The van der Waals surface area contributed by atoms with Crippen LogP contribution < -0.4 is 10.1 Å². The van der Waals surface area contributed by atoms with Crippen molar-refractivity contribution >= 4 is 17.7 Å². The lowest BCUT2D eigenvalue weighted by Crippen LogP contribution is -2.54. The predicted octanol–water partition coefficient (Wildman–Crippen LogP) is 3.16. The molecule has 29 heavy (non-hydrogen) atoms. The number of para-hydroxylation sites is 2. The number of nitrogens with zero attached hydrogens (tertiary/aromatic N) is 3. The molecule has 1 N–H and O–H groups in total. The number of fused-ring (bicyclic) bond motifs is 1. The summed E-state index contributed by atoms with van der Waals surface area (Å²) >= 11 is 0. The van der Waals surface area contributed by atoms with Crippen molar-refractivity contribution in [2.24, 2.45) is 0 Å². The van der Waals surface area contributed by atoms with Crippen molar-refractivity contribution in [3.63, 3.8) is 0 Å². The molecule has 0 aliphatic carbocycles. The molecule has 2 aromatic rings. The van der Waals surface area contributed by atoms with Gasteiger partial charge in [-0.25, -0.2) is 9.59 Å². The minimum absolute atomic E-state index is 0.0186. The molecule has 7 heteroatoms. The fourth-order valence-electron chi connectivity index (χ4n) is 3.95. The molecule has 0 spiro atoms. The highest BCUT2D eigenvalue weighted by molar-refractivity contribution is 5.91. The molecular formula is C22H26N4O3. The van der Waals surface area contributed by atoms with E-state index in [1.165, 1.54) is 5.56 Å². The molecule has 1 atom stereocenters. The van der Waals surface area contributed by atoms with Crippen LogP contribution in [-0.2, 0) is 6.54 Å². The molecule has 2 heterocycles. The lowest BCUT2D eigenvalue weighted by molar-refractivity contribution is 0.135. The summed E-state index contributed by atoms with van der Waals surface area (Å²) in [5.74, 6) is 0.625. The van der Waals surface area contributed by atoms with Crippen LogP contribution in [0, 0.1) is 6.92 Å². The fourth-order valence-corrected chi connectivity index (χ4v) is 3.95. The summed E-state index contributed by atoms with van der Waals surface area (Å²) in [7, 11) is 1.58. The SMILES string of the molecule is COc1ccccc1NC(=O)N1CCN2C(=O)N(Cc3ccc(C)cc3)C[C@H]2C1. The first kappa shape index (κ1) is 19.1. The zero-order valence-corrected chi connectivity index (χ0v) is 16.8. The van der Waals surface area contributed by atoms with E-state index in [9.17, 15) is 9.59 Å². The molecule has 4 rings (SSSR count). The van der Waals surface area contributed by atoms with E-state index in [0.717, 1.165) is 5.56 Å². The smallest absolute Gasteiger partial charge is 0.322 e. The number of carbonyl (C=O) groups is 2. The Morgan fingerprint density at radius 3 is 2.62 bits per heavy atom. The average molecular weight is 394 g/mol. The van der Waals surface area contributed by atoms with Crippen LogP contribution in [-0.4, -0.2) is 66.1 Å². The summed E-state index contributed by atoms with van der Waals surface area (Å²) in [6.07, 6.45) is 0. The minimum Gasteiger partial charge on any atom is -0.495 e. The Morgan fingerprint density at radius 2 is 1.86 bits per heavy atom. The van der Waals surface area contributed by atoms with Crippen LogP contribution in [0.2, 0.25) is 0 Å². The number of ether oxygens (including phenoxy) is 1. The van der Waals surface area contributed by atoms with E-state index in [-0.39, 0.29) is 18.1 Å². The van der Waals surface area contributed by atoms with Gasteiger partial charge in [0.1, 0.15) is 5.75 Å². The number of urea groups is 2. The second-order valence-corrected chi connectivity index (χ2v) is 7.57. The topological polar surface area (TPSA) is 65.1 Å². The van der Waals surface area contributed by atoms with Gasteiger partial charge < -0.3 is 24.8 Å². The van der Waals surface area contributed by atoms with Crippen LogP contribution >= 0.6 is 0 Å². The van der Waals surface area contributed by atoms with Crippen LogP contribution in [0.15, 0.2) is 48.5 Å². The maximum absolute atomic E-state index is 12.8. The highest BCUT2D eigenvalue weighted by atomic mass is 16.5. The third kappa shape index (κ3) is 3.99. The Bertz CT molecular complexity index is 899. The molecule has 0 bridgehead atoms. The molecule has 0 aromatic heterocycles. The summed E-state index contributed by atoms with van der Waals surface area (Å²) in [5.41, 5.74) is 2.97. The van der Waals surface area contributed by atoms with Crippen molar-refractivity contribution in [1.29, 1.82) is 0 Å². The Balaban J connectivity index is 1.38. The van der Waals surface area contributed by atoms with E-state index < -0.39 is 0 Å². The third-order valence-electron chi connectivity index (χ3n) is 5.56. The van der Waals surface area contributed by atoms with Crippen molar-refractivity contribution in [2.45, 2.75) is 19.5 Å². The lowest BCUT2D eigenvalue weighted by atomic mass is 10.1. The van der Waals surface area contributed by atoms with Gasteiger partial charge in [-0.15, -0.1) is 0 Å². The molecule has 0 radical (unpaired) electrons. The maximum atomic E-state index is 12.8. The van der Waals surface area contributed by atoms with E-state index >= 15 is 0 Å². The van der Waals surface area contributed by atoms with Gasteiger partial charge in [0.15, 0.2) is 0 Å². The lowest BCUT2D eigenvalue weighted by Gasteiger charge is -2.36. The summed E-state index contributed by atoms with van der Waals surface area (Å²) in [4.78, 5) is 31.1. The predicted molar refractivity (Wildman–Crippen MR) is 111 cm³/mol. The highest BCUT2D eigenvalue weighted by Crippen LogP contribution is 2.26. The van der Waals surface area contributed by atoms with Crippen LogP contribution in [0.4, 0.5) is 15.3 Å². The zero-order chi connectivity index (χ0) is 20.4. The summed E-state index contributed by atoms with van der Waals surface area (Å²) in [6, 6.07) is 15.5. The monoisotopic (exact) mass is 394 g/mol. The van der Waals surface area contributed by atoms with E-state index in [0.29, 0.717) is 44.2 Å². The number of hydrogen-bond donors (Lipinski definition) is 1. The van der Waals surface area contributed by atoms with Gasteiger partial charge in [-0.1, -0.05) is 42.0 Å². The van der Waals surface area contributed by atoms with Crippen LogP contribution in [0.5, 0.6) is 5.75 Å². The summed E-state index contributed by atoms with van der Waals surface area (Å²) in [6.45, 7) is 4.87. The second-order valence-electron chi connectivity index (χ2n) is 7.57. The first-order valence-corrected chi connectivity index (χ1v) is 9.85. The molecule has 2 aliphatic heterocycles. The number of methoxy groups -OCH3 is 1. The van der Waals surface area contributed by atoms with Crippen LogP contribution in [0.1, 0.15) is 11.1 Å². The molecule has 152 valence electrons. The van der Waals surface area contributed by atoms with Gasteiger partial charge >= 0.3 is 12.1 Å².